The lowest BCUT2D eigenvalue weighted by Crippen LogP contribution is -2.42. The van der Waals surface area contributed by atoms with Gasteiger partial charge < -0.3 is 14.4 Å². The highest BCUT2D eigenvalue weighted by atomic mass is 19.1. The van der Waals surface area contributed by atoms with Crippen LogP contribution in [0.1, 0.15) is 18.4 Å². The smallest absolute Gasteiger partial charge is 0.292 e. The minimum absolute atomic E-state index is 0.187. The van der Waals surface area contributed by atoms with Crippen molar-refractivity contribution in [2.75, 3.05) is 13.1 Å². The van der Waals surface area contributed by atoms with Gasteiger partial charge in [-0.3, -0.25) is 4.79 Å². The van der Waals surface area contributed by atoms with Crippen molar-refractivity contribution in [3.05, 3.63) is 66.0 Å². The number of nitrogens with zero attached hydrogens (tertiary/aromatic N) is 1. The molecule has 1 fully saturated rings. The summed E-state index contributed by atoms with van der Waals surface area (Å²) in [6, 6.07) is 15.2. The van der Waals surface area contributed by atoms with Crippen LogP contribution in [0.25, 0.3) is 0 Å². The summed E-state index contributed by atoms with van der Waals surface area (Å²) in [5, 5.41) is 0. The predicted molar refractivity (Wildman–Crippen MR) is 87.9 cm³/mol. The highest BCUT2D eigenvalue weighted by Crippen LogP contribution is 2.18. The molecule has 1 amide bonds. The summed E-state index contributed by atoms with van der Waals surface area (Å²) in [5.41, 5.74) is 0.958. The molecule has 2 aromatic carbocycles. The van der Waals surface area contributed by atoms with Crippen LogP contribution in [-0.2, 0) is 16.1 Å². The van der Waals surface area contributed by atoms with Gasteiger partial charge in [0, 0.05) is 13.1 Å². The fraction of sp³-hybridized carbons (Fsp3) is 0.316. The van der Waals surface area contributed by atoms with Crippen molar-refractivity contribution in [3.8, 4) is 5.75 Å². The first-order chi connectivity index (χ1) is 11.7. The van der Waals surface area contributed by atoms with E-state index >= 15 is 0 Å². The lowest BCUT2D eigenvalue weighted by atomic mass is 10.2. The lowest BCUT2D eigenvalue weighted by molar-refractivity contribution is -0.165. The van der Waals surface area contributed by atoms with Gasteiger partial charge in [0.05, 0.1) is 6.61 Å². The average molecular weight is 329 g/mol. The summed E-state index contributed by atoms with van der Waals surface area (Å²) in [4.78, 5) is 14.4. The maximum atomic E-state index is 13.0. The van der Waals surface area contributed by atoms with Gasteiger partial charge in [0.25, 0.3) is 12.2 Å². The van der Waals surface area contributed by atoms with Gasteiger partial charge in [0.2, 0.25) is 0 Å². The number of ether oxygens (including phenoxy) is 2. The lowest BCUT2D eigenvalue weighted by Gasteiger charge is -2.24. The molecule has 1 heterocycles. The van der Waals surface area contributed by atoms with Crippen LogP contribution in [0.2, 0.25) is 0 Å². The molecule has 1 atom stereocenters. The standard InChI is InChI=1S/C19H20FNO3/c20-16-8-10-17(11-9-16)24-19(18(22)21-12-4-5-13-21)23-14-15-6-2-1-3-7-15/h1-3,6-11,19H,4-5,12-14H2. The second-order valence-electron chi connectivity index (χ2n) is 5.73. The largest absolute Gasteiger partial charge is 0.455 e. The van der Waals surface area contributed by atoms with E-state index in [1.165, 1.54) is 24.3 Å². The summed E-state index contributed by atoms with van der Waals surface area (Å²) in [6.07, 6.45) is 0.954. The summed E-state index contributed by atoms with van der Waals surface area (Å²) in [6.45, 7) is 1.71. The Bertz CT molecular complexity index is 654. The number of hydrogen-bond donors (Lipinski definition) is 0. The first-order valence-corrected chi connectivity index (χ1v) is 8.09. The van der Waals surface area contributed by atoms with E-state index < -0.39 is 6.29 Å². The third kappa shape index (κ3) is 4.32. The van der Waals surface area contributed by atoms with E-state index in [1.54, 1.807) is 4.90 Å². The van der Waals surface area contributed by atoms with Crippen molar-refractivity contribution < 1.29 is 18.7 Å². The molecule has 5 heteroatoms. The molecule has 0 bridgehead atoms. The van der Waals surface area contributed by atoms with E-state index in [0.717, 1.165) is 31.5 Å². The zero-order valence-electron chi connectivity index (χ0n) is 13.4. The molecule has 0 radical (unpaired) electrons. The molecule has 0 N–H and O–H groups in total. The van der Waals surface area contributed by atoms with Gasteiger partial charge >= 0.3 is 0 Å². The van der Waals surface area contributed by atoms with Crippen LogP contribution >= 0.6 is 0 Å². The van der Waals surface area contributed by atoms with Gasteiger partial charge in [0.1, 0.15) is 11.6 Å². The molecular formula is C19H20FNO3. The second-order valence-corrected chi connectivity index (χ2v) is 5.73. The molecule has 1 unspecified atom stereocenters. The Balaban J connectivity index is 1.69. The van der Waals surface area contributed by atoms with Crippen LogP contribution in [0.4, 0.5) is 4.39 Å². The number of likely N-dealkylation sites (tertiary alicyclic amines) is 1. The van der Waals surface area contributed by atoms with E-state index in [0.29, 0.717) is 5.75 Å². The zero-order valence-corrected chi connectivity index (χ0v) is 13.4. The Labute approximate surface area is 140 Å². The highest BCUT2D eigenvalue weighted by Gasteiger charge is 2.29. The number of benzene rings is 2. The van der Waals surface area contributed by atoms with E-state index in [-0.39, 0.29) is 18.3 Å². The number of rotatable bonds is 6. The van der Waals surface area contributed by atoms with Gasteiger partial charge in [-0.05, 0) is 42.7 Å². The molecule has 2 aromatic rings. The molecule has 1 aliphatic rings. The van der Waals surface area contributed by atoms with Gasteiger partial charge in [-0.1, -0.05) is 30.3 Å². The number of hydrogen-bond acceptors (Lipinski definition) is 3. The van der Waals surface area contributed by atoms with Crippen LogP contribution in [0.15, 0.2) is 54.6 Å². The maximum absolute atomic E-state index is 13.0. The van der Waals surface area contributed by atoms with Crippen LogP contribution in [0, 0.1) is 5.82 Å². The van der Waals surface area contributed by atoms with Crippen molar-refractivity contribution in [2.45, 2.75) is 25.7 Å². The fourth-order valence-electron chi connectivity index (χ4n) is 2.63. The van der Waals surface area contributed by atoms with Crippen molar-refractivity contribution in [3.63, 3.8) is 0 Å². The summed E-state index contributed by atoms with van der Waals surface area (Å²) in [7, 11) is 0. The molecule has 0 aliphatic carbocycles. The molecule has 126 valence electrons. The summed E-state index contributed by atoms with van der Waals surface area (Å²) in [5.74, 6) is -0.135. The molecule has 0 saturated carbocycles. The van der Waals surface area contributed by atoms with Crippen molar-refractivity contribution in [1.29, 1.82) is 0 Å². The normalized spacial score (nSPS) is 15.3. The zero-order chi connectivity index (χ0) is 16.8. The third-order valence-electron chi connectivity index (χ3n) is 3.92. The fourth-order valence-corrected chi connectivity index (χ4v) is 2.63. The van der Waals surface area contributed by atoms with Gasteiger partial charge in [0.15, 0.2) is 0 Å². The quantitative estimate of drug-likeness (QED) is 0.763. The summed E-state index contributed by atoms with van der Waals surface area (Å²) < 4.78 is 24.5. The monoisotopic (exact) mass is 329 g/mol. The van der Waals surface area contributed by atoms with Crippen molar-refractivity contribution in [1.82, 2.24) is 4.90 Å². The predicted octanol–water partition coefficient (Wildman–Crippen LogP) is 3.37. The second kappa shape index (κ2) is 7.93. The minimum Gasteiger partial charge on any atom is -0.455 e. The molecular weight excluding hydrogens is 309 g/mol. The Morgan fingerprint density at radius 2 is 1.71 bits per heavy atom. The Hall–Kier alpha value is -2.40. The van der Waals surface area contributed by atoms with Crippen LogP contribution in [0.5, 0.6) is 5.75 Å². The molecule has 3 rings (SSSR count). The molecule has 24 heavy (non-hydrogen) atoms. The Morgan fingerprint density at radius 1 is 1.04 bits per heavy atom. The third-order valence-corrected chi connectivity index (χ3v) is 3.92. The first-order valence-electron chi connectivity index (χ1n) is 8.09. The number of halogens is 1. The Morgan fingerprint density at radius 3 is 2.38 bits per heavy atom. The Kier molecular flexibility index (Phi) is 5.43. The maximum Gasteiger partial charge on any atom is 0.292 e. The van der Waals surface area contributed by atoms with Gasteiger partial charge in [-0.15, -0.1) is 0 Å². The molecule has 0 aromatic heterocycles. The van der Waals surface area contributed by atoms with Crippen molar-refractivity contribution in [2.24, 2.45) is 0 Å². The molecule has 0 spiro atoms. The molecule has 1 saturated heterocycles. The van der Waals surface area contributed by atoms with E-state index in [2.05, 4.69) is 0 Å². The SMILES string of the molecule is O=C(C(OCc1ccccc1)Oc1ccc(F)cc1)N1CCCC1. The first kappa shape index (κ1) is 16.5. The molecule has 1 aliphatic heterocycles. The van der Waals surface area contributed by atoms with Crippen LogP contribution in [-0.4, -0.2) is 30.2 Å². The van der Waals surface area contributed by atoms with E-state index in [4.69, 9.17) is 9.47 Å². The average Bonchev–Trinajstić information content (AvgIpc) is 3.15. The number of amides is 1. The number of carbonyl (C=O) groups excluding carboxylic acids is 1. The minimum atomic E-state index is -1.03. The van der Waals surface area contributed by atoms with Crippen molar-refractivity contribution >= 4 is 5.91 Å². The summed E-state index contributed by atoms with van der Waals surface area (Å²) >= 11 is 0. The van der Waals surface area contributed by atoms with E-state index in [9.17, 15) is 9.18 Å². The number of carbonyl (C=O) groups is 1. The topological polar surface area (TPSA) is 38.8 Å². The molecule has 4 nitrogen and oxygen atoms in total. The van der Waals surface area contributed by atoms with Crippen LogP contribution in [0.3, 0.4) is 0 Å². The van der Waals surface area contributed by atoms with E-state index in [1.807, 2.05) is 30.3 Å². The van der Waals surface area contributed by atoms with Gasteiger partial charge in [-0.25, -0.2) is 4.39 Å². The highest BCUT2D eigenvalue weighted by molar-refractivity contribution is 5.80. The van der Waals surface area contributed by atoms with Crippen LogP contribution < -0.4 is 4.74 Å². The van der Waals surface area contributed by atoms with Gasteiger partial charge in [-0.2, -0.15) is 0 Å².